The molecule has 1 N–H and O–H groups in total. The molecule has 1 aliphatic heterocycles. The van der Waals surface area contributed by atoms with Crippen LogP contribution in [0.5, 0.6) is 5.75 Å². The number of aliphatic carboxylic acids is 1. The molecule has 0 saturated carbocycles. The number of rotatable bonds is 6. The summed E-state index contributed by atoms with van der Waals surface area (Å²) >= 11 is 0. The maximum absolute atomic E-state index is 11.0. The van der Waals surface area contributed by atoms with Gasteiger partial charge in [-0.2, -0.15) is 0 Å². The summed E-state index contributed by atoms with van der Waals surface area (Å²) in [5, 5.41) is 9.01. The topological polar surface area (TPSA) is 53.0 Å². The van der Waals surface area contributed by atoms with Crippen molar-refractivity contribution in [2.75, 3.05) is 39.3 Å². The largest absolute Gasteiger partial charge is 0.492 e. The van der Waals surface area contributed by atoms with E-state index in [1.54, 1.807) is 6.92 Å². The van der Waals surface area contributed by atoms with Gasteiger partial charge in [0.15, 0.2) is 0 Å². The molecule has 0 aliphatic carbocycles. The second-order valence-corrected chi connectivity index (χ2v) is 5.55. The van der Waals surface area contributed by atoms with Crippen molar-refractivity contribution < 1.29 is 14.6 Å². The first-order chi connectivity index (χ1) is 10.1. The van der Waals surface area contributed by atoms with Crippen LogP contribution in [0.4, 0.5) is 0 Å². The lowest BCUT2D eigenvalue weighted by atomic mass is 10.2. The van der Waals surface area contributed by atoms with Gasteiger partial charge in [-0.05, 0) is 26.0 Å². The maximum Gasteiger partial charge on any atom is 0.320 e. The predicted octanol–water partition coefficient (Wildman–Crippen LogP) is 1.46. The SMILES string of the molecule is Cc1ccc(OCCN2CCN(C(C)C(=O)O)CC2)cc1. The number of nitrogens with zero attached hydrogens (tertiary/aromatic N) is 2. The number of hydrogen-bond acceptors (Lipinski definition) is 4. The van der Waals surface area contributed by atoms with Crippen LogP contribution in [0.25, 0.3) is 0 Å². The van der Waals surface area contributed by atoms with E-state index >= 15 is 0 Å². The fourth-order valence-corrected chi connectivity index (χ4v) is 2.46. The van der Waals surface area contributed by atoms with E-state index in [0.717, 1.165) is 38.5 Å². The molecular weight excluding hydrogens is 268 g/mol. The highest BCUT2D eigenvalue weighted by Gasteiger charge is 2.24. The second kappa shape index (κ2) is 7.43. The second-order valence-electron chi connectivity index (χ2n) is 5.55. The van der Waals surface area contributed by atoms with E-state index in [1.807, 2.05) is 29.2 Å². The summed E-state index contributed by atoms with van der Waals surface area (Å²) < 4.78 is 5.73. The molecule has 0 spiro atoms. The normalized spacial score (nSPS) is 18.4. The van der Waals surface area contributed by atoms with Gasteiger partial charge in [-0.15, -0.1) is 0 Å². The summed E-state index contributed by atoms with van der Waals surface area (Å²) in [6.07, 6.45) is 0. The smallest absolute Gasteiger partial charge is 0.320 e. The Morgan fingerprint density at radius 1 is 1.24 bits per heavy atom. The molecule has 2 rings (SSSR count). The average Bonchev–Trinajstić information content (AvgIpc) is 2.49. The van der Waals surface area contributed by atoms with Gasteiger partial charge in [0.05, 0.1) is 0 Å². The van der Waals surface area contributed by atoms with Crippen LogP contribution in [0.15, 0.2) is 24.3 Å². The van der Waals surface area contributed by atoms with Crippen molar-refractivity contribution in [2.24, 2.45) is 0 Å². The van der Waals surface area contributed by atoms with E-state index in [2.05, 4.69) is 11.8 Å². The highest BCUT2D eigenvalue weighted by atomic mass is 16.5. The lowest BCUT2D eigenvalue weighted by molar-refractivity contribution is -0.143. The lowest BCUT2D eigenvalue weighted by Crippen LogP contribution is -2.52. The molecule has 21 heavy (non-hydrogen) atoms. The van der Waals surface area contributed by atoms with Gasteiger partial charge in [-0.25, -0.2) is 0 Å². The third-order valence-corrected chi connectivity index (χ3v) is 4.01. The van der Waals surface area contributed by atoms with Crippen molar-refractivity contribution in [3.63, 3.8) is 0 Å². The first-order valence-corrected chi connectivity index (χ1v) is 7.45. The molecule has 1 aromatic rings. The first-order valence-electron chi connectivity index (χ1n) is 7.45. The van der Waals surface area contributed by atoms with E-state index in [4.69, 9.17) is 9.84 Å². The number of aryl methyl sites for hydroxylation is 1. The molecule has 0 radical (unpaired) electrons. The molecule has 1 atom stereocenters. The van der Waals surface area contributed by atoms with Gasteiger partial charge in [0.1, 0.15) is 18.4 Å². The Balaban J connectivity index is 1.67. The van der Waals surface area contributed by atoms with Crippen molar-refractivity contribution in [1.29, 1.82) is 0 Å². The molecule has 1 aliphatic rings. The Morgan fingerprint density at radius 3 is 2.43 bits per heavy atom. The van der Waals surface area contributed by atoms with Gasteiger partial charge >= 0.3 is 5.97 Å². The van der Waals surface area contributed by atoms with Crippen LogP contribution < -0.4 is 4.74 Å². The minimum Gasteiger partial charge on any atom is -0.492 e. The van der Waals surface area contributed by atoms with Crippen LogP contribution in [0, 0.1) is 6.92 Å². The number of carbonyl (C=O) groups is 1. The third-order valence-electron chi connectivity index (χ3n) is 4.01. The van der Waals surface area contributed by atoms with E-state index in [0.29, 0.717) is 6.61 Å². The minimum atomic E-state index is -0.744. The van der Waals surface area contributed by atoms with Crippen LogP contribution in [0.3, 0.4) is 0 Å². The number of benzene rings is 1. The van der Waals surface area contributed by atoms with Crippen molar-refractivity contribution >= 4 is 5.97 Å². The molecule has 116 valence electrons. The van der Waals surface area contributed by atoms with E-state index in [1.165, 1.54) is 5.56 Å². The monoisotopic (exact) mass is 292 g/mol. The van der Waals surface area contributed by atoms with Crippen molar-refractivity contribution in [1.82, 2.24) is 9.80 Å². The van der Waals surface area contributed by atoms with Crippen LogP contribution in [-0.4, -0.2) is 66.2 Å². The van der Waals surface area contributed by atoms with Gasteiger partial charge in [0.2, 0.25) is 0 Å². The summed E-state index contributed by atoms with van der Waals surface area (Å²) in [7, 11) is 0. The highest BCUT2D eigenvalue weighted by molar-refractivity contribution is 5.72. The third kappa shape index (κ3) is 4.72. The van der Waals surface area contributed by atoms with Crippen LogP contribution in [0.2, 0.25) is 0 Å². The van der Waals surface area contributed by atoms with E-state index in [-0.39, 0.29) is 0 Å². The summed E-state index contributed by atoms with van der Waals surface area (Å²) in [6, 6.07) is 7.67. The van der Waals surface area contributed by atoms with Gasteiger partial charge in [-0.1, -0.05) is 17.7 Å². The molecule has 1 heterocycles. The zero-order valence-electron chi connectivity index (χ0n) is 12.8. The number of carboxylic acids is 1. The van der Waals surface area contributed by atoms with E-state index < -0.39 is 12.0 Å². The summed E-state index contributed by atoms with van der Waals surface area (Å²) in [6.45, 7) is 8.75. The summed E-state index contributed by atoms with van der Waals surface area (Å²) in [4.78, 5) is 15.3. The Morgan fingerprint density at radius 2 is 1.86 bits per heavy atom. The number of carboxylic acid groups (broad SMARTS) is 1. The minimum absolute atomic E-state index is 0.393. The van der Waals surface area contributed by atoms with Gasteiger partial charge in [0.25, 0.3) is 0 Å². The Kier molecular flexibility index (Phi) is 5.59. The Labute approximate surface area is 126 Å². The maximum atomic E-state index is 11.0. The molecule has 0 bridgehead atoms. The molecule has 1 unspecified atom stereocenters. The summed E-state index contributed by atoms with van der Waals surface area (Å²) in [5.74, 6) is 0.157. The molecular formula is C16H24N2O3. The first kappa shape index (κ1) is 15.8. The van der Waals surface area contributed by atoms with Gasteiger partial charge < -0.3 is 9.84 Å². The fraction of sp³-hybridized carbons (Fsp3) is 0.562. The van der Waals surface area contributed by atoms with E-state index in [9.17, 15) is 4.79 Å². The Hall–Kier alpha value is -1.59. The summed E-state index contributed by atoms with van der Waals surface area (Å²) in [5.41, 5.74) is 1.23. The molecule has 0 aromatic heterocycles. The molecule has 5 heteroatoms. The number of hydrogen-bond donors (Lipinski definition) is 1. The quantitative estimate of drug-likeness (QED) is 0.860. The van der Waals surface area contributed by atoms with Crippen LogP contribution >= 0.6 is 0 Å². The Bertz CT molecular complexity index is 453. The van der Waals surface area contributed by atoms with Crippen molar-refractivity contribution in [3.05, 3.63) is 29.8 Å². The molecule has 5 nitrogen and oxygen atoms in total. The average molecular weight is 292 g/mol. The molecule has 0 amide bonds. The zero-order valence-corrected chi connectivity index (χ0v) is 12.8. The molecule has 1 aromatic carbocycles. The van der Waals surface area contributed by atoms with Crippen LogP contribution in [-0.2, 0) is 4.79 Å². The lowest BCUT2D eigenvalue weighted by Gasteiger charge is -2.36. The van der Waals surface area contributed by atoms with Gasteiger partial charge in [-0.3, -0.25) is 14.6 Å². The van der Waals surface area contributed by atoms with Crippen molar-refractivity contribution in [3.8, 4) is 5.75 Å². The van der Waals surface area contributed by atoms with Crippen molar-refractivity contribution in [2.45, 2.75) is 19.9 Å². The molecule has 1 saturated heterocycles. The number of piperazine rings is 1. The standard InChI is InChI=1S/C16H24N2O3/c1-13-3-5-15(6-4-13)21-12-11-17-7-9-18(10-8-17)14(2)16(19)20/h3-6,14H,7-12H2,1-2H3,(H,19,20). The molecule has 1 fully saturated rings. The zero-order chi connectivity index (χ0) is 15.2. The van der Waals surface area contributed by atoms with Gasteiger partial charge in [0, 0.05) is 32.7 Å². The highest BCUT2D eigenvalue weighted by Crippen LogP contribution is 2.12. The fourth-order valence-electron chi connectivity index (χ4n) is 2.46. The van der Waals surface area contributed by atoms with Crippen LogP contribution in [0.1, 0.15) is 12.5 Å². The number of ether oxygens (including phenoxy) is 1. The predicted molar refractivity (Wildman–Crippen MR) is 81.8 cm³/mol.